The Morgan fingerprint density at radius 2 is 2.12 bits per heavy atom. The fourth-order valence-electron chi connectivity index (χ4n) is 0.253. The molecule has 0 aromatic heterocycles. The maximum absolute atomic E-state index is 9.70. The van der Waals surface area contributed by atoms with Crippen molar-refractivity contribution >= 4 is 5.97 Å². The van der Waals surface area contributed by atoms with Crippen molar-refractivity contribution in [3.8, 4) is 0 Å². The average Bonchev–Trinajstić information content (AvgIpc) is 1.61. The molecule has 0 heterocycles. The molecular formula is C5H9NO2. The van der Waals surface area contributed by atoms with Gasteiger partial charge in [0.05, 0.1) is 0 Å². The third-order valence-corrected chi connectivity index (χ3v) is 0.595. The van der Waals surface area contributed by atoms with Crippen LogP contribution in [0.4, 0.5) is 0 Å². The van der Waals surface area contributed by atoms with Gasteiger partial charge in [0.25, 0.3) is 0 Å². The maximum Gasteiger partial charge on any atom is 0.303 e. The molecule has 0 unspecified atom stereocenters. The van der Waals surface area contributed by atoms with E-state index >= 15 is 0 Å². The summed E-state index contributed by atoms with van der Waals surface area (Å²) in [5.74, 6) is -0.773. The molecule has 3 nitrogen and oxygen atoms in total. The molecule has 0 aliphatic carbocycles. The topological polar surface area (TPSA) is 63.3 Å². The van der Waals surface area contributed by atoms with Gasteiger partial charge in [0.15, 0.2) is 0 Å². The fourth-order valence-corrected chi connectivity index (χ4v) is 0.253. The van der Waals surface area contributed by atoms with Crippen molar-refractivity contribution in [3.05, 3.63) is 7.43 Å². The summed E-state index contributed by atoms with van der Waals surface area (Å²) in [5.41, 5.74) is 5.01. The SMILES string of the molecule is NCCCC(=O)O.[C]. The van der Waals surface area contributed by atoms with Gasteiger partial charge in [0.1, 0.15) is 0 Å². The number of hydrogen-bond acceptors (Lipinski definition) is 2. The van der Waals surface area contributed by atoms with Gasteiger partial charge in [0, 0.05) is 13.8 Å². The highest BCUT2D eigenvalue weighted by atomic mass is 16.4. The first kappa shape index (κ1) is 10.4. The number of aliphatic carboxylic acids is 1. The number of carbonyl (C=O) groups is 1. The Hall–Kier alpha value is -0.570. The van der Waals surface area contributed by atoms with E-state index in [1.807, 2.05) is 0 Å². The number of rotatable bonds is 3. The molecule has 0 atom stereocenters. The Labute approximate surface area is 49.5 Å². The highest BCUT2D eigenvalue weighted by Gasteiger charge is 1.91. The van der Waals surface area contributed by atoms with Crippen LogP contribution in [0.5, 0.6) is 0 Å². The molecule has 0 saturated heterocycles. The third kappa shape index (κ3) is 9.06. The van der Waals surface area contributed by atoms with Crippen LogP contribution in [-0.4, -0.2) is 17.6 Å². The van der Waals surface area contributed by atoms with Crippen LogP contribution in [0.25, 0.3) is 0 Å². The number of carboxylic acids is 1. The van der Waals surface area contributed by atoms with E-state index < -0.39 is 5.97 Å². The Kier molecular flexibility index (Phi) is 8.37. The molecule has 0 rings (SSSR count). The van der Waals surface area contributed by atoms with E-state index in [9.17, 15) is 4.79 Å². The molecule has 0 spiro atoms. The van der Waals surface area contributed by atoms with E-state index in [-0.39, 0.29) is 13.8 Å². The molecule has 3 N–H and O–H groups in total. The predicted molar refractivity (Wildman–Crippen MR) is 29.2 cm³/mol. The first-order chi connectivity index (χ1) is 3.27. The predicted octanol–water partition coefficient (Wildman–Crippen LogP) is -0.109. The molecule has 46 valence electrons. The average molecular weight is 115 g/mol. The lowest BCUT2D eigenvalue weighted by Gasteiger charge is -1.86. The lowest BCUT2D eigenvalue weighted by molar-refractivity contribution is -0.137. The summed E-state index contributed by atoms with van der Waals surface area (Å²) in [6, 6.07) is 0. The van der Waals surface area contributed by atoms with E-state index in [4.69, 9.17) is 10.8 Å². The molecule has 0 fully saturated rings. The quantitative estimate of drug-likeness (QED) is 0.539. The van der Waals surface area contributed by atoms with Crippen molar-refractivity contribution in [1.82, 2.24) is 0 Å². The van der Waals surface area contributed by atoms with Gasteiger partial charge < -0.3 is 10.8 Å². The van der Waals surface area contributed by atoms with Crippen molar-refractivity contribution in [2.45, 2.75) is 12.8 Å². The summed E-state index contributed by atoms with van der Waals surface area (Å²) < 4.78 is 0. The van der Waals surface area contributed by atoms with Crippen molar-refractivity contribution in [2.75, 3.05) is 6.54 Å². The van der Waals surface area contributed by atoms with Crippen LogP contribution in [0.1, 0.15) is 12.8 Å². The molecule has 4 radical (unpaired) electrons. The number of carboxylic acid groups (broad SMARTS) is 1. The molecule has 3 heteroatoms. The molecule has 0 saturated carbocycles. The van der Waals surface area contributed by atoms with E-state index in [1.54, 1.807) is 0 Å². The maximum atomic E-state index is 9.70. The van der Waals surface area contributed by atoms with Crippen molar-refractivity contribution < 1.29 is 9.90 Å². The monoisotopic (exact) mass is 115 g/mol. The lowest BCUT2D eigenvalue weighted by atomic mass is 10.3. The minimum absolute atomic E-state index is 0. The van der Waals surface area contributed by atoms with Crippen LogP contribution in [0.15, 0.2) is 0 Å². The Morgan fingerprint density at radius 1 is 1.62 bits per heavy atom. The minimum atomic E-state index is -0.773. The zero-order valence-corrected chi connectivity index (χ0v) is 4.55. The zero-order chi connectivity index (χ0) is 5.70. The van der Waals surface area contributed by atoms with Gasteiger partial charge in [-0.2, -0.15) is 0 Å². The van der Waals surface area contributed by atoms with Crippen molar-refractivity contribution in [3.63, 3.8) is 0 Å². The summed E-state index contributed by atoms with van der Waals surface area (Å²) >= 11 is 0. The highest BCUT2D eigenvalue weighted by molar-refractivity contribution is 5.66. The second kappa shape index (κ2) is 6.43. The smallest absolute Gasteiger partial charge is 0.303 e. The molecule has 0 aliphatic rings. The Bertz CT molecular complexity index is 63.4. The molecule has 0 amide bonds. The third-order valence-electron chi connectivity index (χ3n) is 0.595. The summed E-state index contributed by atoms with van der Waals surface area (Å²) in [5, 5.41) is 7.99. The Morgan fingerprint density at radius 3 is 2.25 bits per heavy atom. The van der Waals surface area contributed by atoms with Gasteiger partial charge in [-0.05, 0) is 13.0 Å². The minimum Gasteiger partial charge on any atom is -0.481 e. The van der Waals surface area contributed by atoms with Crippen LogP contribution in [-0.2, 0) is 4.79 Å². The summed E-state index contributed by atoms with van der Waals surface area (Å²) in [6.45, 7) is 0.465. The van der Waals surface area contributed by atoms with Crippen LogP contribution < -0.4 is 5.73 Å². The van der Waals surface area contributed by atoms with E-state index in [1.165, 1.54) is 0 Å². The summed E-state index contributed by atoms with van der Waals surface area (Å²) in [6.07, 6.45) is 0.770. The van der Waals surface area contributed by atoms with Gasteiger partial charge in [-0.15, -0.1) is 0 Å². The van der Waals surface area contributed by atoms with Gasteiger partial charge in [-0.1, -0.05) is 0 Å². The summed E-state index contributed by atoms with van der Waals surface area (Å²) in [4.78, 5) is 9.70. The van der Waals surface area contributed by atoms with Crippen LogP contribution in [0.3, 0.4) is 0 Å². The standard InChI is InChI=1S/C4H9NO2.C/c5-3-1-2-4(6)7;/h1-3,5H2,(H,6,7);. The van der Waals surface area contributed by atoms with Crippen LogP contribution in [0.2, 0.25) is 0 Å². The number of hydrogen-bond donors (Lipinski definition) is 2. The largest absolute Gasteiger partial charge is 0.481 e. The second-order valence-corrected chi connectivity index (χ2v) is 1.29. The second-order valence-electron chi connectivity index (χ2n) is 1.29. The van der Waals surface area contributed by atoms with E-state index in [0.717, 1.165) is 0 Å². The number of nitrogens with two attached hydrogens (primary N) is 1. The van der Waals surface area contributed by atoms with E-state index in [0.29, 0.717) is 13.0 Å². The Balaban J connectivity index is 0. The van der Waals surface area contributed by atoms with Gasteiger partial charge >= 0.3 is 5.97 Å². The molecular weight excluding hydrogens is 106 g/mol. The van der Waals surface area contributed by atoms with Gasteiger partial charge in [-0.3, -0.25) is 4.79 Å². The van der Waals surface area contributed by atoms with Gasteiger partial charge in [-0.25, -0.2) is 0 Å². The lowest BCUT2D eigenvalue weighted by Crippen LogP contribution is -2.02. The first-order valence-corrected chi connectivity index (χ1v) is 2.19. The van der Waals surface area contributed by atoms with Gasteiger partial charge in [0.2, 0.25) is 0 Å². The fraction of sp³-hybridized carbons (Fsp3) is 0.600. The van der Waals surface area contributed by atoms with Crippen LogP contribution >= 0.6 is 0 Å². The molecule has 0 bridgehead atoms. The molecule has 0 aliphatic heterocycles. The normalized spacial score (nSPS) is 7.62. The summed E-state index contributed by atoms with van der Waals surface area (Å²) in [7, 11) is 0. The first-order valence-electron chi connectivity index (χ1n) is 2.19. The zero-order valence-electron chi connectivity index (χ0n) is 4.55. The highest BCUT2D eigenvalue weighted by Crippen LogP contribution is 1.82. The molecule has 0 aromatic rings. The van der Waals surface area contributed by atoms with Crippen molar-refractivity contribution in [1.29, 1.82) is 0 Å². The van der Waals surface area contributed by atoms with E-state index in [2.05, 4.69) is 0 Å². The van der Waals surface area contributed by atoms with Crippen LogP contribution in [0, 0.1) is 7.43 Å². The molecule has 0 aromatic carbocycles. The molecule has 8 heavy (non-hydrogen) atoms. The van der Waals surface area contributed by atoms with Crippen molar-refractivity contribution in [2.24, 2.45) is 5.73 Å².